The maximum atomic E-state index is 11.6. The molecule has 1 unspecified atom stereocenters. The topological polar surface area (TPSA) is 79.7 Å². The number of halogens is 1. The molecular formula is C16H21ClN6O. The first-order valence-corrected chi connectivity index (χ1v) is 8.90. The van der Waals surface area contributed by atoms with Gasteiger partial charge in [-0.3, -0.25) is 4.79 Å². The van der Waals surface area contributed by atoms with Crippen LogP contribution in [0.1, 0.15) is 37.6 Å². The first kappa shape index (κ1) is 15.6. The molecule has 2 aromatic rings. The summed E-state index contributed by atoms with van der Waals surface area (Å²) in [5, 5.41) is 15.1. The van der Waals surface area contributed by atoms with E-state index in [-0.39, 0.29) is 10.6 Å². The Bertz CT molecular complexity index is 800. The Morgan fingerprint density at radius 2 is 2.29 bits per heavy atom. The standard InChI is InChI=1S/C16H21ClN6O/c1-10-3-2-4-11(10)8-23-13-5-6-22(9-12(13)19-21-23)14-7-18-20-16(24)15(14)17/h7,10-11H,2-6,8-9H2,1H3,(H,20,24)/t10-,11?/m1/s1. The minimum absolute atomic E-state index is 0.181. The molecule has 0 bridgehead atoms. The van der Waals surface area contributed by atoms with Crippen molar-refractivity contribution in [1.82, 2.24) is 25.2 Å². The number of rotatable bonds is 3. The fourth-order valence-corrected chi connectivity index (χ4v) is 4.14. The number of hydrogen-bond acceptors (Lipinski definition) is 5. The third-order valence-corrected chi connectivity index (χ3v) is 5.81. The van der Waals surface area contributed by atoms with Crippen LogP contribution in [0.3, 0.4) is 0 Å². The lowest BCUT2D eigenvalue weighted by Gasteiger charge is -2.28. The van der Waals surface area contributed by atoms with E-state index in [9.17, 15) is 4.79 Å². The Hall–Kier alpha value is -1.89. The minimum atomic E-state index is -0.362. The van der Waals surface area contributed by atoms with Gasteiger partial charge in [0, 0.05) is 19.5 Å². The fourth-order valence-electron chi connectivity index (χ4n) is 3.93. The van der Waals surface area contributed by atoms with Crippen LogP contribution in [0.25, 0.3) is 0 Å². The number of H-pyrrole nitrogens is 1. The number of hydrogen-bond donors (Lipinski definition) is 1. The van der Waals surface area contributed by atoms with Crippen LogP contribution in [0.4, 0.5) is 5.69 Å². The predicted octanol–water partition coefficient (Wildman–Crippen LogP) is 2.01. The summed E-state index contributed by atoms with van der Waals surface area (Å²) in [4.78, 5) is 13.7. The van der Waals surface area contributed by atoms with Crippen molar-refractivity contribution < 1.29 is 0 Å². The molecule has 7 nitrogen and oxygen atoms in total. The molecule has 1 N–H and O–H groups in total. The summed E-state index contributed by atoms with van der Waals surface area (Å²) < 4.78 is 2.09. The zero-order valence-corrected chi connectivity index (χ0v) is 14.5. The molecule has 24 heavy (non-hydrogen) atoms. The third-order valence-electron chi connectivity index (χ3n) is 5.44. The van der Waals surface area contributed by atoms with Gasteiger partial charge in [0.25, 0.3) is 5.56 Å². The SMILES string of the molecule is C[C@@H]1CCCC1Cn1nnc2c1CCN(c1cn[nH]c(=O)c1Cl)C2. The van der Waals surface area contributed by atoms with E-state index in [1.807, 2.05) is 4.90 Å². The van der Waals surface area contributed by atoms with Crippen molar-refractivity contribution in [2.45, 2.75) is 45.7 Å². The molecule has 1 aliphatic carbocycles. The lowest BCUT2D eigenvalue weighted by atomic mass is 9.98. The Balaban J connectivity index is 1.54. The molecule has 2 aliphatic rings. The molecule has 0 amide bonds. The highest BCUT2D eigenvalue weighted by Gasteiger charge is 2.28. The maximum Gasteiger partial charge on any atom is 0.285 e. The van der Waals surface area contributed by atoms with Crippen LogP contribution in [0.15, 0.2) is 11.0 Å². The number of anilines is 1. The van der Waals surface area contributed by atoms with E-state index >= 15 is 0 Å². The van der Waals surface area contributed by atoms with E-state index in [0.717, 1.165) is 31.1 Å². The molecule has 1 aliphatic heterocycles. The second kappa shape index (κ2) is 6.20. The highest BCUT2D eigenvalue weighted by Crippen LogP contribution is 2.33. The first-order valence-electron chi connectivity index (χ1n) is 8.53. The van der Waals surface area contributed by atoms with Crippen LogP contribution >= 0.6 is 11.6 Å². The highest BCUT2D eigenvalue weighted by atomic mass is 35.5. The van der Waals surface area contributed by atoms with Crippen molar-refractivity contribution in [3.8, 4) is 0 Å². The largest absolute Gasteiger partial charge is 0.362 e. The molecule has 0 spiro atoms. The Labute approximate surface area is 145 Å². The van der Waals surface area contributed by atoms with Crippen molar-refractivity contribution >= 4 is 17.3 Å². The van der Waals surface area contributed by atoms with Gasteiger partial charge in [0.15, 0.2) is 0 Å². The molecule has 2 atom stereocenters. The number of aromatic amines is 1. The van der Waals surface area contributed by atoms with Gasteiger partial charge in [0.05, 0.1) is 24.1 Å². The highest BCUT2D eigenvalue weighted by molar-refractivity contribution is 6.32. The number of nitrogens with one attached hydrogen (secondary N) is 1. The van der Waals surface area contributed by atoms with Crippen molar-refractivity contribution in [2.24, 2.45) is 11.8 Å². The number of aromatic nitrogens is 5. The van der Waals surface area contributed by atoms with Gasteiger partial charge in [-0.05, 0) is 18.3 Å². The van der Waals surface area contributed by atoms with E-state index in [0.29, 0.717) is 18.2 Å². The molecule has 4 rings (SSSR count). The normalized spacial score (nSPS) is 23.5. The molecule has 0 radical (unpaired) electrons. The van der Waals surface area contributed by atoms with Crippen LogP contribution < -0.4 is 10.5 Å². The zero-order chi connectivity index (χ0) is 16.7. The lowest BCUT2D eigenvalue weighted by molar-refractivity contribution is 0.338. The van der Waals surface area contributed by atoms with Crippen LogP contribution in [0.5, 0.6) is 0 Å². The summed E-state index contributed by atoms with van der Waals surface area (Å²) in [6.45, 7) is 4.70. The van der Waals surface area contributed by atoms with E-state index in [2.05, 4.69) is 32.1 Å². The summed E-state index contributed by atoms with van der Waals surface area (Å²) >= 11 is 6.12. The molecule has 2 aromatic heterocycles. The van der Waals surface area contributed by atoms with Gasteiger partial charge in [0.2, 0.25) is 0 Å². The summed E-state index contributed by atoms with van der Waals surface area (Å²) in [7, 11) is 0. The summed E-state index contributed by atoms with van der Waals surface area (Å²) in [6.07, 6.45) is 6.38. The molecule has 1 saturated carbocycles. The molecule has 3 heterocycles. The molecule has 8 heteroatoms. The molecule has 0 saturated heterocycles. The van der Waals surface area contributed by atoms with Crippen LogP contribution in [-0.2, 0) is 19.5 Å². The number of fused-ring (bicyclic) bond motifs is 1. The predicted molar refractivity (Wildman–Crippen MR) is 91.1 cm³/mol. The van der Waals surface area contributed by atoms with E-state index in [1.165, 1.54) is 25.0 Å². The van der Waals surface area contributed by atoms with Crippen molar-refractivity contribution in [1.29, 1.82) is 0 Å². The van der Waals surface area contributed by atoms with E-state index in [4.69, 9.17) is 11.6 Å². The van der Waals surface area contributed by atoms with Gasteiger partial charge >= 0.3 is 0 Å². The summed E-state index contributed by atoms with van der Waals surface area (Å²) in [5.74, 6) is 1.48. The van der Waals surface area contributed by atoms with Crippen molar-refractivity contribution in [2.75, 3.05) is 11.4 Å². The Morgan fingerprint density at radius 1 is 1.42 bits per heavy atom. The maximum absolute atomic E-state index is 11.6. The summed E-state index contributed by atoms with van der Waals surface area (Å²) in [5.41, 5.74) is 2.49. The van der Waals surface area contributed by atoms with E-state index in [1.54, 1.807) is 6.20 Å². The van der Waals surface area contributed by atoms with E-state index < -0.39 is 0 Å². The molecule has 0 aromatic carbocycles. The number of nitrogens with zero attached hydrogens (tertiary/aromatic N) is 5. The average Bonchev–Trinajstić information content (AvgIpc) is 3.17. The quantitative estimate of drug-likeness (QED) is 0.917. The monoisotopic (exact) mass is 348 g/mol. The van der Waals surface area contributed by atoms with Gasteiger partial charge in [-0.1, -0.05) is 36.6 Å². The van der Waals surface area contributed by atoms with Gasteiger partial charge in [-0.15, -0.1) is 5.10 Å². The fraction of sp³-hybridized carbons (Fsp3) is 0.625. The second-order valence-corrected chi connectivity index (χ2v) is 7.28. The van der Waals surface area contributed by atoms with Crippen LogP contribution in [0.2, 0.25) is 5.02 Å². The summed E-state index contributed by atoms with van der Waals surface area (Å²) in [6, 6.07) is 0. The van der Waals surface area contributed by atoms with Gasteiger partial charge in [-0.25, -0.2) is 9.78 Å². The van der Waals surface area contributed by atoms with Gasteiger partial charge in [0.1, 0.15) is 10.7 Å². The zero-order valence-electron chi connectivity index (χ0n) is 13.7. The second-order valence-electron chi connectivity index (χ2n) is 6.90. The van der Waals surface area contributed by atoms with Crippen molar-refractivity contribution in [3.05, 3.63) is 33.0 Å². The van der Waals surface area contributed by atoms with Crippen molar-refractivity contribution in [3.63, 3.8) is 0 Å². The minimum Gasteiger partial charge on any atom is -0.362 e. The molecule has 128 valence electrons. The smallest absolute Gasteiger partial charge is 0.285 e. The Morgan fingerprint density at radius 3 is 3.08 bits per heavy atom. The Kier molecular flexibility index (Phi) is 4.04. The lowest BCUT2D eigenvalue weighted by Crippen LogP contribution is -2.33. The third kappa shape index (κ3) is 2.70. The average molecular weight is 349 g/mol. The molecule has 1 fully saturated rings. The van der Waals surface area contributed by atoms with Gasteiger partial charge < -0.3 is 4.90 Å². The van der Waals surface area contributed by atoms with Crippen LogP contribution in [-0.4, -0.2) is 31.7 Å². The first-order chi connectivity index (χ1) is 11.6. The van der Waals surface area contributed by atoms with Crippen LogP contribution in [0, 0.1) is 11.8 Å². The van der Waals surface area contributed by atoms with Gasteiger partial charge in [-0.2, -0.15) is 5.10 Å². The molecular weight excluding hydrogens is 328 g/mol.